The second-order valence-electron chi connectivity index (χ2n) is 7.88. The van der Waals surface area contributed by atoms with Crippen LogP contribution in [0.3, 0.4) is 0 Å². The summed E-state index contributed by atoms with van der Waals surface area (Å²) in [6, 6.07) is 22.2. The summed E-state index contributed by atoms with van der Waals surface area (Å²) in [6.45, 7) is 1.88. The molecule has 4 rings (SSSR count). The minimum atomic E-state index is -0.904. The fraction of sp³-hybridized carbons (Fsp3) is 0.148. The smallest absolute Gasteiger partial charge is 0.411 e. The number of carbonyl (C=O) groups is 2. The summed E-state index contributed by atoms with van der Waals surface area (Å²) in [5.74, 6) is -0.526. The van der Waals surface area contributed by atoms with Crippen LogP contribution in [0.2, 0.25) is 5.02 Å². The van der Waals surface area contributed by atoms with Gasteiger partial charge in [0.05, 0.1) is 13.0 Å². The van der Waals surface area contributed by atoms with Crippen molar-refractivity contribution in [1.29, 1.82) is 0 Å². The first-order valence-electron chi connectivity index (χ1n) is 11.0. The largest absolute Gasteiger partial charge is 0.481 e. The molecule has 4 aromatic rings. The van der Waals surface area contributed by atoms with Crippen LogP contribution in [0, 0.1) is 6.92 Å². The lowest BCUT2D eigenvalue weighted by molar-refractivity contribution is -0.136. The zero-order valence-electron chi connectivity index (χ0n) is 19.0. The minimum Gasteiger partial charge on any atom is -0.481 e. The molecule has 8 heteroatoms. The number of aliphatic carboxylic acids is 1. The van der Waals surface area contributed by atoms with Gasteiger partial charge in [0.25, 0.3) is 0 Å². The third-order valence-corrected chi connectivity index (χ3v) is 5.82. The Morgan fingerprint density at radius 2 is 1.71 bits per heavy atom. The number of halogens is 1. The molecular weight excluding hydrogens is 468 g/mol. The SMILES string of the molecule is Cc1noc(-c2cccc(-c3ccccc3CC(=O)O)c2)c1NC(=O)OCCc1ccccc1Cl. The van der Waals surface area contributed by atoms with Crippen molar-refractivity contribution in [2.24, 2.45) is 0 Å². The third-order valence-electron chi connectivity index (χ3n) is 5.45. The number of amides is 1. The Morgan fingerprint density at radius 3 is 2.49 bits per heavy atom. The maximum Gasteiger partial charge on any atom is 0.411 e. The third kappa shape index (κ3) is 5.88. The van der Waals surface area contributed by atoms with Gasteiger partial charge in [-0.1, -0.05) is 77.4 Å². The van der Waals surface area contributed by atoms with Gasteiger partial charge in [-0.25, -0.2) is 4.79 Å². The van der Waals surface area contributed by atoms with Gasteiger partial charge in [0.1, 0.15) is 11.4 Å². The Hall–Kier alpha value is -4.10. The Bertz CT molecular complexity index is 1370. The van der Waals surface area contributed by atoms with E-state index >= 15 is 0 Å². The first-order valence-corrected chi connectivity index (χ1v) is 11.3. The van der Waals surface area contributed by atoms with Crippen LogP contribution >= 0.6 is 11.6 Å². The van der Waals surface area contributed by atoms with E-state index in [-0.39, 0.29) is 13.0 Å². The summed E-state index contributed by atoms with van der Waals surface area (Å²) in [4.78, 5) is 23.7. The van der Waals surface area contributed by atoms with Crippen molar-refractivity contribution in [3.63, 3.8) is 0 Å². The van der Waals surface area contributed by atoms with Gasteiger partial charge in [-0.15, -0.1) is 0 Å². The normalized spacial score (nSPS) is 10.7. The standard InChI is InChI=1S/C27H23ClN2O5/c1-17-25(29-27(33)34-14-13-18-7-3-5-12-23(18)28)26(35-30-17)21-10-6-9-19(15-21)22-11-4-2-8-20(22)16-24(31)32/h2-12,15H,13-14,16H2,1H3,(H,29,33)(H,31,32). The number of hydrogen-bond acceptors (Lipinski definition) is 5. The van der Waals surface area contributed by atoms with Gasteiger partial charge < -0.3 is 14.4 Å². The van der Waals surface area contributed by atoms with Crippen LogP contribution in [0.1, 0.15) is 16.8 Å². The van der Waals surface area contributed by atoms with E-state index in [9.17, 15) is 14.7 Å². The highest BCUT2D eigenvalue weighted by molar-refractivity contribution is 6.31. The van der Waals surface area contributed by atoms with Crippen molar-refractivity contribution >= 4 is 29.4 Å². The monoisotopic (exact) mass is 490 g/mol. The molecule has 1 amide bonds. The number of anilines is 1. The lowest BCUT2D eigenvalue weighted by Gasteiger charge is -2.10. The van der Waals surface area contributed by atoms with Gasteiger partial charge in [-0.05, 0) is 41.3 Å². The van der Waals surface area contributed by atoms with Crippen molar-refractivity contribution < 1.29 is 24.0 Å². The molecule has 0 saturated carbocycles. The van der Waals surface area contributed by atoms with Crippen LogP contribution in [0.15, 0.2) is 77.3 Å². The molecule has 0 spiro atoms. The van der Waals surface area contributed by atoms with Crippen LogP contribution in [-0.4, -0.2) is 28.9 Å². The van der Waals surface area contributed by atoms with Gasteiger partial charge in [0, 0.05) is 17.0 Å². The minimum absolute atomic E-state index is 0.0886. The zero-order chi connectivity index (χ0) is 24.8. The van der Waals surface area contributed by atoms with Crippen LogP contribution in [-0.2, 0) is 22.4 Å². The molecule has 1 aromatic heterocycles. The maximum atomic E-state index is 12.5. The summed E-state index contributed by atoms with van der Waals surface area (Å²) in [6.07, 6.45) is -0.234. The molecule has 0 aliphatic carbocycles. The van der Waals surface area contributed by atoms with E-state index in [4.69, 9.17) is 20.9 Å². The fourth-order valence-electron chi connectivity index (χ4n) is 3.75. The van der Waals surface area contributed by atoms with Gasteiger partial charge in [0.2, 0.25) is 0 Å². The van der Waals surface area contributed by atoms with Gasteiger partial charge in [0.15, 0.2) is 5.76 Å². The van der Waals surface area contributed by atoms with Gasteiger partial charge >= 0.3 is 12.1 Å². The molecule has 2 N–H and O–H groups in total. The molecule has 0 aliphatic heterocycles. The van der Waals surface area contributed by atoms with Crippen molar-refractivity contribution in [2.45, 2.75) is 19.8 Å². The summed E-state index contributed by atoms with van der Waals surface area (Å²) >= 11 is 6.15. The van der Waals surface area contributed by atoms with E-state index in [1.807, 2.05) is 60.7 Å². The molecule has 1 heterocycles. The highest BCUT2D eigenvalue weighted by Gasteiger charge is 2.19. The van der Waals surface area contributed by atoms with Crippen molar-refractivity contribution in [3.8, 4) is 22.5 Å². The molecule has 0 saturated heterocycles. The van der Waals surface area contributed by atoms with Crippen LogP contribution < -0.4 is 5.32 Å². The molecule has 0 bridgehead atoms. The van der Waals surface area contributed by atoms with E-state index in [1.54, 1.807) is 19.1 Å². The summed E-state index contributed by atoms with van der Waals surface area (Å²) in [5.41, 5.74) is 4.81. The lowest BCUT2D eigenvalue weighted by Crippen LogP contribution is -2.16. The second kappa shape index (κ2) is 10.9. The number of nitrogens with one attached hydrogen (secondary N) is 1. The van der Waals surface area contributed by atoms with E-state index < -0.39 is 12.1 Å². The van der Waals surface area contributed by atoms with Gasteiger partial charge in [-0.2, -0.15) is 0 Å². The number of nitrogens with zero attached hydrogens (tertiary/aromatic N) is 1. The molecule has 35 heavy (non-hydrogen) atoms. The average molecular weight is 491 g/mol. The Morgan fingerprint density at radius 1 is 1.00 bits per heavy atom. The number of aromatic nitrogens is 1. The average Bonchev–Trinajstić information content (AvgIpc) is 3.20. The van der Waals surface area contributed by atoms with Crippen LogP contribution in [0.5, 0.6) is 0 Å². The predicted molar refractivity (Wildman–Crippen MR) is 134 cm³/mol. The molecule has 3 aromatic carbocycles. The molecule has 0 atom stereocenters. The van der Waals surface area contributed by atoms with Crippen LogP contribution in [0.25, 0.3) is 22.5 Å². The lowest BCUT2D eigenvalue weighted by atomic mass is 9.96. The number of hydrogen-bond donors (Lipinski definition) is 2. The van der Waals surface area contributed by atoms with Crippen LogP contribution in [0.4, 0.5) is 10.5 Å². The molecule has 0 aliphatic rings. The number of carbonyl (C=O) groups excluding carboxylic acids is 1. The highest BCUT2D eigenvalue weighted by atomic mass is 35.5. The molecule has 0 unspecified atom stereocenters. The summed E-state index contributed by atoms with van der Waals surface area (Å²) in [5, 5.41) is 16.6. The molecular formula is C27H23ClN2O5. The molecule has 0 radical (unpaired) electrons. The van der Waals surface area contributed by atoms with E-state index in [1.165, 1.54) is 0 Å². The Kier molecular flexibility index (Phi) is 7.48. The first-order chi connectivity index (χ1) is 16.9. The van der Waals surface area contributed by atoms with Crippen molar-refractivity contribution in [1.82, 2.24) is 5.16 Å². The number of aryl methyl sites for hydroxylation is 1. The van der Waals surface area contributed by atoms with Crippen molar-refractivity contribution in [2.75, 3.05) is 11.9 Å². The number of carboxylic acids is 1. The maximum absolute atomic E-state index is 12.5. The Labute approximate surface area is 207 Å². The predicted octanol–water partition coefficient (Wildman–Crippen LogP) is 6.39. The van der Waals surface area contributed by atoms with E-state index in [0.717, 1.165) is 16.7 Å². The van der Waals surface area contributed by atoms with E-state index in [0.29, 0.717) is 39.7 Å². The number of ether oxygens (including phenoxy) is 1. The summed E-state index contributed by atoms with van der Waals surface area (Å²) in [7, 11) is 0. The van der Waals surface area contributed by atoms with E-state index in [2.05, 4.69) is 10.5 Å². The number of carboxylic acid groups (broad SMARTS) is 1. The number of benzene rings is 3. The first kappa shape index (κ1) is 24.0. The van der Waals surface area contributed by atoms with Gasteiger partial charge in [-0.3, -0.25) is 10.1 Å². The molecule has 0 fully saturated rings. The topological polar surface area (TPSA) is 102 Å². The molecule has 7 nitrogen and oxygen atoms in total. The number of rotatable bonds is 8. The molecule has 178 valence electrons. The van der Waals surface area contributed by atoms with Crippen molar-refractivity contribution in [3.05, 3.63) is 94.6 Å². The highest BCUT2D eigenvalue weighted by Crippen LogP contribution is 2.34. The second-order valence-corrected chi connectivity index (χ2v) is 8.29. The fourth-order valence-corrected chi connectivity index (χ4v) is 3.98. The zero-order valence-corrected chi connectivity index (χ0v) is 19.7. The Balaban J connectivity index is 1.51. The summed E-state index contributed by atoms with van der Waals surface area (Å²) < 4.78 is 10.9. The quantitative estimate of drug-likeness (QED) is 0.297.